The highest BCUT2D eigenvalue weighted by Gasteiger charge is 2.10. The lowest BCUT2D eigenvalue weighted by molar-refractivity contribution is 0.504. The Kier molecular flexibility index (Phi) is 4.45. The van der Waals surface area contributed by atoms with Crippen molar-refractivity contribution in [3.63, 3.8) is 0 Å². The first-order valence-corrected chi connectivity index (χ1v) is 6.23. The molecule has 2 rings (SSSR count). The molecule has 0 bridgehead atoms. The summed E-state index contributed by atoms with van der Waals surface area (Å²) >= 11 is 0. The van der Waals surface area contributed by atoms with Crippen LogP contribution in [0.3, 0.4) is 0 Å². The lowest BCUT2D eigenvalue weighted by Gasteiger charge is -2.15. The number of pyridine rings is 1. The minimum Gasteiger partial charge on any atom is -0.271 e. The van der Waals surface area contributed by atoms with Crippen LogP contribution in [0.1, 0.15) is 29.4 Å². The molecular weight excluding hydrogens is 222 g/mol. The standard InChI is InChI=1S/C15H19N3/c1-12-6-5-9-14(17-12)15(18-16)11-10-13-7-3-2-4-8-13/h2-9,15,18H,10-11,16H2,1H3. The normalized spacial score (nSPS) is 12.3. The van der Waals surface area contributed by atoms with E-state index in [0.717, 1.165) is 24.2 Å². The Morgan fingerprint density at radius 2 is 1.89 bits per heavy atom. The first kappa shape index (κ1) is 12.7. The molecule has 1 heterocycles. The Morgan fingerprint density at radius 1 is 1.11 bits per heavy atom. The molecule has 1 aromatic heterocycles. The molecule has 2 aromatic rings. The second-order valence-corrected chi connectivity index (χ2v) is 4.45. The summed E-state index contributed by atoms with van der Waals surface area (Å²) in [5.74, 6) is 5.63. The van der Waals surface area contributed by atoms with Gasteiger partial charge in [-0.25, -0.2) is 0 Å². The number of nitrogens with zero attached hydrogens (tertiary/aromatic N) is 1. The van der Waals surface area contributed by atoms with Crippen LogP contribution in [0.5, 0.6) is 0 Å². The summed E-state index contributed by atoms with van der Waals surface area (Å²) in [6.45, 7) is 1.99. The van der Waals surface area contributed by atoms with Crippen LogP contribution in [0, 0.1) is 6.92 Å². The van der Waals surface area contributed by atoms with E-state index in [0.29, 0.717) is 0 Å². The SMILES string of the molecule is Cc1cccc(C(CCc2ccccc2)NN)n1. The van der Waals surface area contributed by atoms with E-state index in [1.165, 1.54) is 5.56 Å². The van der Waals surface area contributed by atoms with Gasteiger partial charge in [0.15, 0.2) is 0 Å². The molecule has 0 saturated heterocycles. The van der Waals surface area contributed by atoms with E-state index in [1.807, 2.05) is 31.2 Å². The fraction of sp³-hybridized carbons (Fsp3) is 0.267. The average Bonchev–Trinajstić information content (AvgIpc) is 2.41. The van der Waals surface area contributed by atoms with Gasteiger partial charge >= 0.3 is 0 Å². The second kappa shape index (κ2) is 6.28. The Labute approximate surface area is 108 Å². The molecule has 0 fully saturated rings. The quantitative estimate of drug-likeness (QED) is 0.624. The van der Waals surface area contributed by atoms with Gasteiger partial charge in [-0.05, 0) is 37.5 Å². The lowest BCUT2D eigenvalue weighted by atomic mass is 10.0. The van der Waals surface area contributed by atoms with E-state index in [9.17, 15) is 0 Å². The Hall–Kier alpha value is -1.71. The number of aromatic nitrogens is 1. The Balaban J connectivity index is 2.02. The summed E-state index contributed by atoms with van der Waals surface area (Å²) in [5.41, 5.74) is 6.21. The van der Waals surface area contributed by atoms with Gasteiger partial charge in [0.25, 0.3) is 0 Å². The highest BCUT2D eigenvalue weighted by molar-refractivity contribution is 5.17. The van der Waals surface area contributed by atoms with Crippen molar-refractivity contribution in [1.82, 2.24) is 10.4 Å². The van der Waals surface area contributed by atoms with Crippen LogP contribution in [-0.4, -0.2) is 4.98 Å². The third kappa shape index (κ3) is 3.39. The Bertz CT molecular complexity index is 482. The van der Waals surface area contributed by atoms with Gasteiger partial charge in [-0.2, -0.15) is 0 Å². The van der Waals surface area contributed by atoms with Crippen molar-refractivity contribution in [3.8, 4) is 0 Å². The van der Waals surface area contributed by atoms with Gasteiger partial charge in [-0.3, -0.25) is 16.3 Å². The van der Waals surface area contributed by atoms with Gasteiger partial charge in [0.05, 0.1) is 11.7 Å². The molecule has 0 radical (unpaired) electrons. The third-order valence-electron chi connectivity index (χ3n) is 3.03. The summed E-state index contributed by atoms with van der Waals surface area (Å²) < 4.78 is 0. The van der Waals surface area contributed by atoms with Gasteiger partial charge in [0.1, 0.15) is 0 Å². The lowest BCUT2D eigenvalue weighted by Crippen LogP contribution is -2.29. The van der Waals surface area contributed by atoms with E-state index in [-0.39, 0.29) is 6.04 Å². The first-order chi connectivity index (χ1) is 8.79. The van der Waals surface area contributed by atoms with Crippen LogP contribution in [-0.2, 0) is 6.42 Å². The zero-order chi connectivity index (χ0) is 12.8. The smallest absolute Gasteiger partial charge is 0.0635 e. The Morgan fingerprint density at radius 3 is 2.56 bits per heavy atom. The van der Waals surface area contributed by atoms with E-state index >= 15 is 0 Å². The summed E-state index contributed by atoms with van der Waals surface area (Å²) in [6.07, 6.45) is 1.93. The van der Waals surface area contributed by atoms with Crippen molar-refractivity contribution in [2.75, 3.05) is 0 Å². The van der Waals surface area contributed by atoms with Gasteiger partial charge in [0.2, 0.25) is 0 Å². The monoisotopic (exact) mass is 241 g/mol. The highest BCUT2D eigenvalue weighted by atomic mass is 15.2. The number of hydrazine groups is 1. The van der Waals surface area contributed by atoms with Gasteiger partial charge in [-0.1, -0.05) is 36.4 Å². The molecule has 1 aromatic carbocycles. The first-order valence-electron chi connectivity index (χ1n) is 6.23. The molecule has 94 valence electrons. The van der Waals surface area contributed by atoms with E-state index in [1.54, 1.807) is 0 Å². The van der Waals surface area contributed by atoms with Crippen LogP contribution < -0.4 is 11.3 Å². The van der Waals surface area contributed by atoms with Crippen LogP contribution in [0.2, 0.25) is 0 Å². The number of rotatable bonds is 5. The topological polar surface area (TPSA) is 50.9 Å². The highest BCUT2D eigenvalue weighted by Crippen LogP contribution is 2.16. The summed E-state index contributed by atoms with van der Waals surface area (Å²) in [6, 6.07) is 16.6. The number of aryl methyl sites for hydroxylation is 2. The third-order valence-corrected chi connectivity index (χ3v) is 3.03. The van der Waals surface area contributed by atoms with Crippen molar-refractivity contribution in [1.29, 1.82) is 0 Å². The maximum atomic E-state index is 5.63. The second-order valence-electron chi connectivity index (χ2n) is 4.45. The van der Waals surface area contributed by atoms with Crippen molar-refractivity contribution < 1.29 is 0 Å². The zero-order valence-electron chi connectivity index (χ0n) is 10.6. The molecular formula is C15H19N3. The number of hydrogen-bond acceptors (Lipinski definition) is 3. The minimum absolute atomic E-state index is 0.102. The molecule has 0 saturated carbocycles. The molecule has 18 heavy (non-hydrogen) atoms. The molecule has 0 aliphatic carbocycles. The largest absolute Gasteiger partial charge is 0.271 e. The molecule has 0 spiro atoms. The van der Waals surface area contributed by atoms with E-state index in [2.05, 4.69) is 34.7 Å². The molecule has 0 aliphatic heterocycles. The predicted molar refractivity (Wildman–Crippen MR) is 73.8 cm³/mol. The van der Waals surface area contributed by atoms with Crippen molar-refractivity contribution in [3.05, 3.63) is 65.5 Å². The molecule has 0 aliphatic rings. The summed E-state index contributed by atoms with van der Waals surface area (Å²) in [5, 5.41) is 0. The van der Waals surface area contributed by atoms with Crippen molar-refractivity contribution in [2.45, 2.75) is 25.8 Å². The average molecular weight is 241 g/mol. The number of hydrogen-bond donors (Lipinski definition) is 2. The number of nitrogens with one attached hydrogen (secondary N) is 1. The maximum absolute atomic E-state index is 5.63. The molecule has 1 unspecified atom stereocenters. The molecule has 0 amide bonds. The van der Waals surface area contributed by atoms with Crippen molar-refractivity contribution >= 4 is 0 Å². The van der Waals surface area contributed by atoms with E-state index in [4.69, 9.17) is 5.84 Å². The van der Waals surface area contributed by atoms with Crippen LogP contribution in [0.15, 0.2) is 48.5 Å². The fourth-order valence-electron chi connectivity index (χ4n) is 2.03. The van der Waals surface area contributed by atoms with Gasteiger partial charge in [-0.15, -0.1) is 0 Å². The number of nitrogens with two attached hydrogens (primary N) is 1. The molecule has 1 atom stereocenters. The predicted octanol–water partition coefficient (Wildman–Crippen LogP) is 2.53. The maximum Gasteiger partial charge on any atom is 0.0635 e. The van der Waals surface area contributed by atoms with Gasteiger partial charge in [0, 0.05) is 5.69 Å². The zero-order valence-corrected chi connectivity index (χ0v) is 10.6. The van der Waals surface area contributed by atoms with E-state index < -0.39 is 0 Å². The number of benzene rings is 1. The van der Waals surface area contributed by atoms with Crippen LogP contribution >= 0.6 is 0 Å². The van der Waals surface area contributed by atoms with Gasteiger partial charge < -0.3 is 0 Å². The van der Waals surface area contributed by atoms with Crippen LogP contribution in [0.4, 0.5) is 0 Å². The minimum atomic E-state index is 0.102. The van der Waals surface area contributed by atoms with Crippen LogP contribution in [0.25, 0.3) is 0 Å². The summed E-state index contributed by atoms with van der Waals surface area (Å²) in [7, 11) is 0. The van der Waals surface area contributed by atoms with Crippen molar-refractivity contribution in [2.24, 2.45) is 5.84 Å². The summed E-state index contributed by atoms with van der Waals surface area (Å²) in [4.78, 5) is 4.51. The molecule has 3 heteroatoms. The molecule has 3 nitrogen and oxygen atoms in total. The fourth-order valence-corrected chi connectivity index (χ4v) is 2.03. The molecule has 3 N–H and O–H groups in total.